The van der Waals surface area contributed by atoms with Gasteiger partial charge in [-0.15, -0.1) is 11.3 Å². The summed E-state index contributed by atoms with van der Waals surface area (Å²) in [5.74, 6) is -0.909. The Morgan fingerprint density at radius 1 is 1.25 bits per heavy atom. The number of carbonyl (C=O) groups excluding carboxylic acids is 2. The molecule has 0 atom stereocenters. The molecule has 1 N–H and O–H groups in total. The van der Waals surface area contributed by atoms with Gasteiger partial charge in [0, 0.05) is 11.7 Å². The lowest BCUT2D eigenvalue weighted by Gasteiger charge is -2.25. The fourth-order valence-electron chi connectivity index (χ4n) is 2.24. The van der Waals surface area contributed by atoms with Crippen molar-refractivity contribution in [3.63, 3.8) is 0 Å². The molecule has 0 saturated carbocycles. The quantitative estimate of drug-likeness (QED) is 0.900. The summed E-state index contributed by atoms with van der Waals surface area (Å²) in [6.07, 6.45) is 0. The molecule has 128 valence electrons. The van der Waals surface area contributed by atoms with Gasteiger partial charge in [-0.2, -0.15) is 0 Å². The van der Waals surface area contributed by atoms with Crippen molar-refractivity contribution < 1.29 is 14.0 Å². The number of hydrogen-bond acceptors (Lipinski definition) is 4. The van der Waals surface area contributed by atoms with Crippen LogP contribution < -0.4 is 5.32 Å². The number of aromatic nitrogens is 1. The van der Waals surface area contributed by atoms with Crippen LogP contribution in [-0.4, -0.2) is 34.3 Å². The average Bonchev–Trinajstić information content (AvgIpc) is 2.85. The summed E-state index contributed by atoms with van der Waals surface area (Å²) in [6.45, 7) is 7.26. The second-order valence-corrected chi connectivity index (χ2v) is 6.93. The van der Waals surface area contributed by atoms with Crippen molar-refractivity contribution in [1.29, 1.82) is 0 Å². The van der Waals surface area contributed by atoms with Gasteiger partial charge >= 0.3 is 0 Å². The minimum absolute atomic E-state index is 0.0791. The van der Waals surface area contributed by atoms with Crippen LogP contribution in [0.15, 0.2) is 24.3 Å². The predicted molar refractivity (Wildman–Crippen MR) is 92.8 cm³/mol. The lowest BCUT2D eigenvalue weighted by molar-refractivity contribution is -0.117. The van der Waals surface area contributed by atoms with E-state index in [2.05, 4.69) is 10.3 Å². The van der Waals surface area contributed by atoms with Gasteiger partial charge < -0.3 is 10.2 Å². The fourth-order valence-corrected chi connectivity index (χ4v) is 3.11. The van der Waals surface area contributed by atoms with E-state index >= 15 is 0 Å². The van der Waals surface area contributed by atoms with E-state index in [1.807, 2.05) is 20.8 Å². The Bertz CT molecular complexity index is 741. The van der Waals surface area contributed by atoms with Crippen molar-refractivity contribution >= 4 is 28.8 Å². The molecule has 1 heterocycles. The molecule has 0 radical (unpaired) electrons. The predicted octanol–water partition coefficient (Wildman–Crippen LogP) is 3.39. The van der Waals surface area contributed by atoms with Gasteiger partial charge in [-0.25, -0.2) is 9.37 Å². The Balaban J connectivity index is 2.10. The summed E-state index contributed by atoms with van der Waals surface area (Å²) >= 11 is 1.33. The van der Waals surface area contributed by atoms with E-state index < -0.39 is 0 Å². The Hall–Kier alpha value is -2.28. The third kappa shape index (κ3) is 4.38. The summed E-state index contributed by atoms with van der Waals surface area (Å²) in [5, 5.41) is 3.48. The molecule has 0 aliphatic rings. The van der Waals surface area contributed by atoms with Gasteiger partial charge in [0.05, 0.1) is 10.7 Å². The maximum atomic E-state index is 12.9. The number of hydrogen-bond donors (Lipinski definition) is 1. The summed E-state index contributed by atoms with van der Waals surface area (Å²) in [6, 6.07) is 5.35. The van der Waals surface area contributed by atoms with Gasteiger partial charge in [0.2, 0.25) is 5.91 Å². The van der Waals surface area contributed by atoms with Crippen LogP contribution in [0.25, 0.3) is 0 Å². The molecule has 2 aromatic rings. The van der Waals surface area contributed by atoms with E-state index in [1.54, 1.807) is 6.92 Å². The number of nitrogens with zero attached hydrogens (tertiary/aromatic N) is 2. The third-order valence-electron chi connectivity index (χ3n) is 3.42. The van der Waals surface area contributed by atoms with Crippen molar-refractivity contribution in [2.75, 3.05) is 11.9 Å². The Morgan fingerprint density at radius 3 is 2.38 bits per heavy atom. The normalized spacial score (nSPS) is 10.8. The Kier molecular flexibility index (Phi) is 5.66. The van der Waals surface area contributed by atoms with Crippen LogP contribution in [0.1, 0.15) is 34.2 Å². The number of benzene rings is 1. The minimum atomic E-state index is -0.372. The Labute approximate surface area is 144 Å². The van der Waals surface area contributed by atoms with Gasteiger partial charge in [-0.3, -0.25) is 9.59 Å². The zero-order valence-corrected chi connectivity index (χ0v) is 14.9. The maximum Gasteiger partial charge on any atom is 0.266 e. The van der Waals surface area contributed by atoms with Gasteiger partial charge in [0.25, 0.3) is 5.91 Å². The molecule has 2 amide bonds. The zero-order chi connectivity index (χ0) is 17.9. The number of amides is 2. The minimum Gasteiger partial charge on any atom is -0.326 e. The topological polar surface area (TPSA) is 62.3 Å². The van der Waals surface area contributed by atoms with Crippen molar-refractivity contribution in [2.24, 2.45) is 0 Å². The molecular weight excluding hydrogens is 329 g/mol. The summed E-state index contributed by atoms with van der Waals surface area (Å²) in [5.41, 5.74) is 1.16. The van der Waals surface area contributed by atoms with Crippen LogP contribution in [0.4, 0.5) is 10.1 Å². The molecule has 0 aliphatic heterocycles. The maximum absolute atomic E-state index is 12.9. The van der Waals surface area contributed by atoms with Crippen LogP contribution in [0.3, 0.4) is 0 Å². The summed E-state index contributed by atoms with van der Waals surface area (Å²) in [4.78, 5) is 31.3. The first-order chi connectivity index (χ1) is 11.3. The van der Waals surface area contributed by atoms with Crippen LogP contribution in [0.2, 0.25) is 0 Å². The van der Waals surface area contributed by atoms with Crippen LogP contribution in [0.5, 0.6) is 0 Å². The molecule has 0 unspecified atom stereocenters. The van der Waals surface area contributed by atoms with E-state index in [0.717, 1.165) is 5.01 Å². The molecule has 1 aromatic carbocycles. The highest BCUT2D eigenvalue weighted by Gasteiger charge is 2.25. The zero-order valence-electron chi connectivity index (χ0n) is 14.1. The highest BCUT2D eigenvalue weighted by atomic mass is 32.1. The molecule has 0 spiro atoms. The lowest BCUT2D eigenvalue weighted by Crippen LogP contribution is -2.42. The highest BCUT2D eigenvalue weighted by molar-refractivity contribution is 7.13. The van der Waals surface area contributed by atoms with E-state index in [-0.39, 0.29) is 30.2 Å². The standard InChI is InChI=1S/C17H20FN3O2S/c1-10(2)21(17(23)16-11(3)19-12(4)24-16)9-15(22)20-14-7-5-13(18)6-8-14/h5-8,10H,9H2,1-4H3,(H,20,22). The number of aryl methyl sites for hydroxylation is 2. The van der Waals surface area contributed by atoms with Gasteiger partial charge in [-0.1, -0.05) is 0 Å². The molecule has 2 rings (SSSR count). The second-order valence-electron chi connectivity index (χ2n) is 5.73. The Morgan fingerprint density at radius 2 is 1.88 bits per heavy atom. The van der Waals surface area contributed by atoms with E-state index in [1.165, 1.54) is 40.5 Å². The third-order valence-corrected chi connectivity index (χ3v) is 4.48. The fraction of sp³-hybridized carbons (Fsp3) is 0.353. The summed E-state index contributed by atoms with van der Waals surface area (Å²) in [7, 11) is 0. The highest BCUT2D eigenvalue weighted by Crippen LogP contribution is 2.20. The molecule has 0 aliphatic carbocycles. The lowest BCUT2D eigenvalue weighted by atomic mass is 10.2. The van der Waals surface area contributed by atoms with Crippen LogP contribution in [0, 0.1) is 19.7 Å². The van der Waals surface area contributed by atoms with Crippen LogP contribution in [-0.2, 0) is 4.79 Å². The average molecular weight is 349 g/mol. The number of halogens is 1. The van der Waals surface area contributed by atoms with E-state index in [4.69, 9.17) is 0 Å². The van der Waals surface area contributed by atoms with Crippen molar-refractivity contribution in [2.45, 2.75) is 33.7 Å². The smallest absolute Gasteiger partial charge is 0.266 e. The molecule has 0 fully saturated rings. The monoisotopic (exact) mass is 349 g/mol. The first-order valence-corrected chi connectivity index (χ1v) is 8.40. The first kappa shape index (κ1) is 18.1. The second kappa shape index (κ2) is 7.53. The van der Waals surface area contributed by atoms with Crippen LogP contribution >= 0.6 is 11.3 Å². The first-order valence-electron chi connectivity index (χ1n) is 7.58. The molecule has 0 saturated heterocycles. The van der Waals surface area contributed by atoms with Crippen molar-refractivity contribution in [3.05, 3.63) is 45.7 Å². The molecule has 0 bridgehead atoms. The molecule has 1 aromatic heterocycles. The largest absolute Gasteiger partial charge is 0.326 e. The number of rotatable bonds is 5. The van der Waals surface area contributed by atoms with Gasteiger partial charge in [0.15, 0.2) is 0 Å². The number of nitrogens with one attached hydrogen (secondary N) is 1. The van der Waals surface area contributed by atoms with Gasteiger partial charge in [0.1, 0.15) is 17.2 Å². The SMILES string of the molecule is Cc1nc(C)c(C(=O)N(CC(=O)Nc2ccc(F)cc2)C(C)C)s1. The molecular formula is C17H20FN3O2S. The number of carbonyl (C=O) groups is 2. The molecule has 24 heavy (non-hydrogen) atoms. The number of anilines is 1. The van der Waals surface area contributed by atoms with Crippen molar-refractivity contribution in [1.82, 2.24) is 9.88 Å². The number of thiazole rings is 1. The molecule has 7 heteroatoms. The van der Waals surface area contributed by atoms with Crippen molar-refractivity contribution in [3.8, 4) is 0 Å². The van der Waals surface area contributed by atoms with E-state index in [0.29, 0.717) is 16.3 Å². The molecule has 5 nitrogen and oxygen atoms in total. The van der Waals surface area contributed by atoms with Gasteiger partial charge in [-0.05, 0) is 52.0 Å². The summed E-state index contributed by atoms with van der Waals surface area (Å²) < 4.78 is 12.9. The van der Waals surface area contributed by atoms with E-state index in [9.17, 15) is 14.0 Å².